The van der Waals surface area contributed by atoms with Crippen LogP contribution in [0, 0.1) is 0 Å². The van der Waals surface area contributed by atoms with Gasteiger partial charge in [0, 0.05) is 50.6 Å². The lowest BCUT2D eigenvalue weighted by atomic mass is 10.2. The van der Waals surface area contributed by atoms with Crippen LogP contribution in [-0.2, 0) is 27.3 Å². The molecule has 2 N–H and O–H groups in total. The fourth-order valence-corrected chi connectivity index (χ4v) is 3.85. The third-order valence-electron chi connectivity index (χ3n) is 4.17. The van der Waals surface area contributed by atoms with Crippen molar-refractivity contribution in [1.29, 1.82) is 0 Å². The van der Waals surface area contributed by atoms with Crippen molar-refractivity contribution in [3.63, 3.8) is 0 Å². The summed E-state index contributed by atoms with van der Waals surface area (Å²) in [5.41, 5.74) is 1.03. The Bertz CT molecular complexity index is 600. The van der Waals surface area contributed by atoms with E-state index in [2.05, 4.69) is 32.5 Å². The number of morpholine rings is 1. The van der Waals surface area contributed by atoms with Gasteiger partial charge < -0.3 is 15.0 Å². The minimum atomic E-state index is -0.656. The molecule has 0 spiro atoms. The zero-order valence-corrected chi connectivity index (χ0v) is 14.7. The summed E-state index contributed by atoms with van der Waals surface area (Å²) in [5.74, 6) is -1.27. The molecule has 0 aliphatic carbocycles. The quantitative estimate of drug-likeness (QED) is 0.711. The van der Waals surface area contributed by atoms with Crippen molar-refractivity contribution in [2.45, 2.75) is 13.0 Å². The number of likely N-dealkylation sites (N-methyl/N-ethyl adjacent to an activating group) is 1. The van der Waals surface area contributed by atoms with Crippen molar-refractivity contribution in [1.82, 2.24) is 20.1 Å². The van der Waals surface area contributed by atoms with Crippen LogP contribution in [-0.4, -0.2) is 79.6 Å². The molecule has 0 bridgehead atoms. The van der Waals surface area contributed by atoms with E-state index in [4.69, 9.17) is 4.74 Å². The SMILES string of the molecule is CN1CCc2nc(NC(=O)C(=O)NCCN3CCOCC3)sc2C1. The van der Waals surface area contributed by atoms with E-state index in [0.717, 1.165) is 62.9 Å². The van der Waals surface area contributed by atoms with E-state index in [1.54, 1.807) is 0 Å². The van der Waals surface area contributed by atoms with Crippen molar-refractivity contribution >= 4 is 28.3 Å². The summed E-state index contributed by atoms with van der Waals surface area (Å²) in [7, 11) is 2.06. The number of carbonyl (C=O) groups is 2. The van der Waals surface area contributed by atoms with Gasteiger partial charge in [-0.25, -0.2) is 4.98 Å². The minimum absolute atomic E-state index is 0.450. The second-order valence-electron chi connectivity index (χ2n) is 6.04. The molecule has 9 heteroatoms. The Kier molecular flexibility index (Phi) is 5.77. The number of carbonyl (C=O) groups excluding carboxylic acids is 2. The molecule has 0 saturated carbocycles. The zero-order chi connectivity index (χ0) is 16.9. The third kappa shape index (κ3) is 4.50. The van der Waals surface area contributed by atoms with Crippen LogP contribution in [0.5, 0.6) is 0 Å². The number of hydrogen-bond acceptors (Lipinski definition) is 7. The number of ether oxygens (including phenoxy) is 1. The maximum atomic E-state index is 12.0. The zero-order valence-electron chi connectivity index (χ0n) is 13.8. The van der Waals surface area contributed by atoms with E-state index >= 15 is 0 Å². The van der Waals surface area contributed by atoms with Gasteiger partial charge in [-0.1, -0.05) is 0 Å². The van der Waals surface area contributed by atoms with Crippen LogP contribution in [0.25, 0.3) is 0 Å². The second-order valence-corrected chi connectivity index (χ2v) is 7.12. The average molecular weight is 353 g/mol. The van der Waals surface area contributed by atoms with Crippen LogP contribution in [0.1, 0.15) is 10.6 Å². The van der Waals surface area contributed by atoms with Gasteiger partial charge in [0.2, 0.25) is 0 Å². The van der Waals surface area contributed by atoms with Gasteiger partial charge in [0.15, 0.2) is 5.13 Å². The summed E-state index contributed by atoms with van der Waals surface area (Å²) in [6.45, 7) is 6.14. The molecule has 2 aliphatic rings. The fourth-order valence-electron chi connectivity index (χ4n) is 2.76. The standard InChI is InChI=1S/C15H23N5O3S/c1-19-4-2-11-12(10-19)24-15(17-11)18-14(22)13(21)16-3-5-20-6-8-23-9-7-20/h2-10H2,1H3,(H,16,21)(H,17,18,22). The van der Waals surface area contributed by atoms with Crippen molar-refractivity contribution in [3.05, 3.63) is 10.6 Å². The van der Waals surface area contributed by atoms with E-state index in [-0.39, 0.29) is 0 Å². The predicted molar refractivity (Wildman–Crippen MR) is 91.1 cm³/mol. The molecule has 0 aromatic carbocycles. The summed E-state index contributed by atoms with van der Waals surface area (Å²) in [5, 5.41) is 5.76. The summed E-state index contributed by atoms with van der Waals surface area (Å²) in [6.07, 6.45) is 0.879. The number of nitrogens with one attached hydrogen (secondary N) is 2. The smallest absolute Gasteiger partial charge is 0.315 e. The summed E-state index contributed by atoms with van der Waals surface area (Å²) < 4.78 is 5.27. The number of anilines is 1. The van der Waals surface area contributed by atoms with Crippen molar-refractivity contribution < 1.29 is 14.3 Å². The topological polar surface area (TPSA) is 86.8 Å². The van der Waals surface area contributed by atoms with E-state index in [0.29, 0.717) is 11.7 Å². The van der Waals surface area contributed by atoms with Gasteiger partial charge >= 0.3 is 11.8 Å². The molecular formula is C15H23N5O3S. The molecule has 1 aromatic rings. The maximum Gasteiger partial charge on any atom is 0.315 e. The Balaban J connectivity index is 1.43. The fraction of sp³-hybridized carbons (Fsp3) is 0.667. The van der Waals surface area contributed by atoms with Gasteiger partial charge in [0.05, 0.1) is 18.9 Å². The molecule has 8 nitrogen and oxygen atoms in total. The second kappa shape index (κ2) is 8.02. The van der Waals surface area contributed by atoms with Gasteiger partial charge in [0.25, 0.3) is 0 Å². The van der Waals surface area contributed by atoms with E-state index in [1.807, 2.05) is 0 Å². The molecule has 3 heterocycles. The number of thiazole rings is 1. The van der Waals surface area contributed by atoms with Crippen molar-refractivity contribution in [2.24, 2.45) is 0 Å². The summed E-state index contributed by atoms with van der Waals surface area (Å²) in [4.78, 5) is 33.9. The molecule has 1 aromatic heterocycles. The first kappa shape index (κ1) is 17.3. The number of amides is 2. The number of fused-ring (bicyclic) bond motifs is 1. The lowest BCUT2D eigenvalue weighted by Crippen LogP contribution is -2.43. The normalized spacial score (nSPS) is 18.9. The molecule has 0 atom stereocenters. The third-order valence-corrected chi connectivity index (χ3v) is 5.16. The first-order chi connectivity index (χ1) is 11.6. The molecular weight excluding hydrogens is 330 g/mol. The lowest BCUT2D eigenvalue weighted by molar-refractivity contribution is -0.136. The summed E-state index contributed by atoms with van der Waals surface area (Å²) >= 11 is 1.44. The van der Waals surface area contributed by atoms with Crippen LogP contribution in [0.4, 0.5) is 5.13 Å². The first-order valence-corrected chi connectivity index (χ1v) is 9.00. The molecule has 132 valence electrons. The van der Waals surface area contributed by atoms with Gasteiger partial charge in [-0.05, 0) is 7.05 Å². The van der Waals surface area contributed by atoms with E-state index in [9.17, 15) is 9.59 Å². The molecule has 0 radical (unpaired) electrons. The van der Waals surface area contributed by atoms with Crippen LogP contribution < -0.4 is 10.6 Å². The number of aromatic nitrogens is 1. The molecule has 0 unspecified atom stereocenters. The highest BCUT2D eigenvalue weighted by Crippen LogP contribution is 2.27. The van der Waals surface area contributed by atoms with Gasteiger partial charge in [-0.3, -0.25) is 19.8 Å². The molecule has 1 saturated heterocycles. The minimum Gasteiger partial charge on any atom is -0.379 e. The Morgan fingerprint density at radius 2 is 2.04 bits per heavy atom. The van der Waals surface area contributed by atoms with Crippen molar-refractivity contribution in [3.8, 4) is 0 Å². The monoisotopic (exact) mass is 353 g/mol. The highest BCUT2D eigenvalue weighted by molar-refractivity contribution is 7.16. The molecule has 3 rings (SSSR count). The Labute approximate surface area is 145 Å². The van der Waals surface area contributed by atoms with Crippen LogP contribution in [0.15, 0.2) is 0 Å². The number of rotatable bonds is 4. The predicted octanol–water partition coefficient (Wildman–Crippen LogP) is -0.482. The highest BCUT2D eigenvalue weighted by Gasteiger charge is 2.21. The van der Waals surface area contributed by atoms with Gasteiger partial charge in [-0.15, -0.1) is 11.3 Å². The molecule has 2 aliphatic heterocycles. The molecule has 1 fully saturated rings. The van der Waals surface area contributed by atoms with Gasteiger partial charge in [0.1, 0.15) is 0 Å². The molecule has 2 amide bonds. The van der Waals surface area contributed by atoms with Crippen LogP contribution in [0.3, 0.4) is 0 Å². The van der Waals surface area contributed by atoms with Crippen molar-refractivity contribution in [2.75, 3.05) is 58.3 Å². The van der Waals surface area contributed by atoms with E-state index < -0.39 is 11.8 Å². The first-order valence-electron chi connectivity index (χ1n) is 8.18. The highest BCUT2D eigenvalue weighted by atomic mass is 32.1. The van der Waals surface area contributed by atoms with Crippen LogP contribution >= 0.6 is 11.3 Å². The Morgan fingerprint density at radius 1 is 1.25 bits per heavy atom. The van der Waals surface area contributed by atoms with Crippen LogP contribution in [0.2, 0.25) is 0 Å². The Hall–Kier alpha value is -1.55. The largest absolute Gasteiger partial charge is 0.379 e. The Morgan fingerprint density at radius 3 is 2.83 bits per heavy atom. The summed E-state index contributed by atoms with van der Waals surface area (Å²) in [6, 6.07) is 0. The van der Waals surface area contributed by atoms with Gasteiger partial charge in [-0.2, -0.15) is 0 Å². The lowest BCUT2D eigenvalue weighted by Gasteiger charge is -2.26. The molecule has 24 heavy (non-hydrogen) atoms. The average Bonchev–Trinajstić information content (AvgIpc) is 2.97. The number of hydrogen-bond donors (Lipinski definition) is 2. The van der Waals surface area contributed by atoms with E-state index in [1.165, 1.54) is 11.3 Å². The maximum absolute atomic E-state index is 12.0. The number of nitrogens with zero attached hydrogens (tertiary/aromatic N) is 3.